The molecule has 1 fully saturated rings. The van der Waals surface area contributed by atoms with E-state index in [1.54, 1.807) is 18.9 Å². The molecule has 0 N–H and O–H groups in total. The van der Waals surface area contributed by atoms with Gasteiger partial charge in [-0.15, -0.1) is 0 Å². The number of nitrogens with zero attached hydrogens (tertiary/aromatic N) is 4. The molecule has 1 aromatic heterocycles. The van der Waals surface area contributed by atoms with Crippen molar-refractivity contribution < 1.29 is 14.2 Å². The zero-order valence-corrected chi connectivity index (χ0v) is 11.5. The molecule has 0 aromatic carbocycles. The molecule has 0 radical (unpaired) electrons. The molecule has 1 aliphatic heterocycles. The van der Waals surface area contributed by atoms with Gasteiger partial charge in [0.1, 0.15) is 0 Å². The first-order chi connectivity index (χ1) is 9.15. The van der Waals surface area contributed by atoms with Gasteiger partial charge in [-0.05, 0) is 19.8 Å². The number of amides is 1. The molecule has 19 heavy (non-hydrogen) atoms. The van der Waals surface area contributed by atoms with Crippen molar-refractivity contribution in [3.05, 3.63) is 11.7 Å². The quantitative estimate of drug-likeness (QED) is 0.785. The second-order valence-corrected chi connectivity index (χ2v) is 4.70. The fourth-order valence-corrected chi connectivity index (χ4v) is 1.93. The van der Waals surface area contributed by atoms with Crippen molar-refractivity contribution in [3.63, 3.8) is 0 Å². The molecular weight excluding hydrogens is 248 g/mol. The molecule has 0 aliphatic carbocycles. The first-order valence-corrected chi connectivity index (χ1v) is 6.56. The van der Waals surface area contributed by atoms with Crippen LogP contribution in [0, 0.1) is 6.92 Å². The molecule has 0 saturated carbocycles. The summed E-state index contributed by atoms with van der Waals surface area (Å²) >= 11 is 0. The number of carbonyl (C=O) groups is 1. The van der Waals surface area contributed by atoms with Crippen LogP contribution in [0.1, 0.15) is 31.0 Å². The Morgan fingerprint density at radius 3 is 2.95 bits per heavy atom. The maximum Gasteiger partial charge on any atom is 0.246 e. The van der Waals surface area contributed by atoms with E-state index in [9.17, 15) is 4.79 Å². The molecule has 2 heterocycles. The summed E-state index contributed by atoms with van der Waals surface area (Å²) in [5.41, 5.74) is 0. The first kappa shape index (κ1) is 14.0. The number of rotatable bonds is 5. The molecular formula is C12H20N4O3. The van der Waals surface area contributed by atoms with Crippen LogP contribution in [0.15, 0.2) is 4.52 Å². The van der Waals surface area contributed by atoms with Crippen LogP contribution in [0.3, 0.4) is 0 Å². The van der Waals surface area contributed by atoms with Gasteiger partial charge in [-0.1, -0.05) is 5.16 Å². The van der Waals surface area contributed by atoms with Crippen LogP contribution in [0.25, 0.3) is 0 Å². The van der Waals surface area contributed by atoms with Crippen LogP contribution < -0.4 is 0 Å². The Labute approximate surface area is 112 Å². The monoisotopic (exact) mass is 268 g/mol. The number of aromatic nitrogens is 2. The van der Waals surface area contributed by atoms with Gasteiger partial charge >= 0.3 is 0 Å². The van der Waals surface area contributed by atoms with E-state index in [0.29, 0.717) is 31.2 Å². The minimum atomic E-state index is 0.0463. The van der Waals surface area contributed by atoms with Crippen molar-refractivity contribution in [2.75, 3.05) is 26.7 Å². The van der Waals surface area contributed by atoms with Crippen molar-refractivity contribution >= 4 is 5.91 Å². The van der Waals surface area contributed by atoms with Crippen LogP contribution >= 0.6 is 0 Å². The lowest BCUT2D eigenvalue weighted by atomic mass is 10.3. The van der Waals surface area contributed by atoms with Gasteiger partial charge in [0.15, 0.2) is 5.82 Å². The second-order valence-electron chi connectivity index (χ2n) is 4.70. The van der Waals surface area contributed by atoms with Crippen LogP contribution in [-0.4, -0.2) is 52.8 Å². The highest BCUT2D eigenvalue weighted by atomic mass is 16.7. The maximum atomic E-state index is 12.0. The second kappa shape index (κ2) is 6.63. The summed E-state index contributed by atoms with van der Waals surface area (Å²) in [7, 11) is 1.74. The van der Waals surface area contributed by atoms with Crippen molar-refractivity contribution in [1.82, 2.24) is 20.1 Å². The average Bonchev–Trinajstić information content (AvgIpc) is 2.82. The minimum absolute atomic E-state index is 0.0463. The molecule has 0 atom stereocenters. The number of aryl methyl sites for hydroxylation is 1. The summed E-state index contributed by atoms with van der Waals surface area (Å²) in [6, 6.07) is 0. The average molecular weight is 268 g/mol. The molecule has 1 saturated heterocycles. The topological polar surface area (TPSA) is 71.7 Å². The van der Waals surface area contributed by atoms with E-state index >= 15 is 0 Å². The largest absolute Gasteiger partial charge is 0.337 e. The third-order valence-corrected chi connectivity index (χ3v) is 3.02. The third-order valence-electron chi connectivity index (χ3n) is 3.02. The highest BCUT2D eigenvalue weighted by molar-refractivity contribution is 5.75. The van der Waals surface area contributed by atoms with Crippen molar-refractivity contribution in [1.29, 1.82) is 0 Å². The summed E-state index contributed by atoms with van der Waals surface area (Å²) in [5, 5.41) is 5.56. The van der Waals surface area contributed by atoms with Crippen molar-refractivity contribution in [2.24, 2.45) is 0 Å². The van der Waals surface area contributed by atoms with E-state index in [4.69, 9.17) is 9.36 Å². The summed E-state index contributed by atoms with van der Waals surface area (Å²) in [5.74, 6) is 1.09. The Hall–Kier alpha value is -1.47. The van der Waals surface area contributed by atoms with Gasteiger partial charge in [-0.25, -0.2) is 0 Å². The molecule has 7 heteroatoms. The third kappa shape index (κ3) is 4.29. The van der Waals surface area contributed by atoms with Crippen LogP contribution in [0.5, 0.6) is 0 Å². The van der Waals surface area contributed by atoms with Gasteiger partial charge in [0, 0.05) is 26.6 Å². The standard InChI is InChI=1S/C12H20N4O3/c1-10-13-11(19-14-10)9-15(2)12(17)5-7-16-6-3-4-8-18-16/h3-9H2,1-2H3. The molecule has 0 bridgehead atoms. The van der Waals surface area contributed by atoms with Crippen LogP contribution in [0.2, 0.25) is 0 Å². The molecule has 1 aliphatic rings. The zero-order chi connectivity index (χ0) is 13.7. The van der Waals surface area contributed by atoms with Gasteiger partial charge in [-0.3, -0.25) is 9.63 Å². The summed E-state index contributed by atoms with van der Waals surface area (Å²) in [6.07, 6.45) is 2.66. The molecule has 1 aromatic rings. The van der Waals surface area contributed by atoms with Gasteiger partial charge < -0.3 is 9.42 Å². The molecule has 0 spiro atoms. The lowest BCUT2D eigenvalue weighted by molar-refractivity contribution is -0.182. The van der Waals surface area contributed by atoms with Crippen molar-refractivity contribution in [3.8, 4) is 0 Å². The summed E-state index contributed by atoms with van der Waals surface area (Å²) in [4.78, 5) is 23.1. The molecule has 1 amide bonds. The van der Waals surface area contributed by atoms with E-state index in [0.717, 1.165) is 26.0 Å². The van der Waals surface area contributed by atoms with Crippen LogP contribution in [0.4, 0.5) is 0 Å². The fraction of sp³-hybridized carbons (Fsp3) is 0.750. The number of hydrogen-bond acceptors (Lipinski definition) is 6. The van der Waals surface area contributed by atoms with E-state index in [2.05, 4.69) is 10.1 Å². The molecule has 0 unspecified atom stereocenters. The Balaban J connectivity index is 1.72. The fourth-order valence-electron chi connectivity index (χ4n) is 1.93. The van der Waals surface area contributed by atoms with Gasteiger partial charge in [0.05, 0.1) is 13.2 Å². The Kier molecular flexibility index (Phi) is 4.86. The van der Waals surface area contributed by atoms with Crippen LogP contribution in [-0.2, 0) is 16.2 Å². The van der Waals surface area contributed by atoms with E-state index in [1.165, 1.54) is 0 Å². The first-order valence-electron chi connectivity index (χ1n) is 6.56. The Morgan fingerprint density at radius 2 is 2.32 bits per heavy atom. The van der Waals surface area contributed by atoms with Gasteiger partial charge in [0.25, 0.3) is 0 Å². The summed E-state index contributed by atoms with van der Waals surface area (Å²) < 4.78 is 4.99. The molecule has 2 rings (SSSR count). The normalized spacial score (nSPS) is 16.5. The SMILES string of the molecule is Cc1noc(CN(C)C(=O)CCN2CCCCO2)n1. The number of hydrogen-bond donors (Lipinski definition) is 0. The summed E-state index contributed by atoms with van der Waals surface area (Å²) in [6.45, 7) is 4.39. The highest BCUT2D eigenvalue weighted by Gasteiger charge is 2.16. The predicted molar refractivity (Wildman–Crippen MR) is 66.9 cm³/mol. The smallest absolute Gasteiger partial charge is 0.246 e. The Bertz CT molecular complexity index is 415. The van der Waals surface area contributed by atoms with E-state index < -0.39 is 0 Å². The lowest BCUT2D eigenvalue weighted by Gasteiger charge is -2.26. The Morgan fingerprint density at radius 1 is 1.47 bits per heavy atom. The zero-order valence-electron chi connectivity index (χ0n) is 11.5. The van der Waals surface area contributed by atoms with Gasteiger partial charge in [0.2, 0.25) is 11.8 Å². The minimum Gasteiger partial charge on any atom is -0.337 e. The maximum absolute atomic E-state index is 12.0. The highest BCUT2D eigenvalue weighted by Crippen LogP contribution is 2.07. The molecule has 7 nitrogen and oxygen atoms in total. The van der Waals surface area contributed by atoms with Crippen molar-refractivity contribution in [2.45, 2.75) is 32.7 Å². The number of hydroxylamine groups is 2. The number of carbonyl (C=O) groups excluding carboxylic acids is 1. The molecule has 106 valence electrons. The van der Waals surface area contributed by atoms with E-state index in [1.807, 2.05) is 5.06 Å². The predicted octanol–water partition coefficient (Wildman–Crippen LogP) is 0.754. The van der Waals surface area contributed by atoms with Gasteiger partial charge in [-0.2, -0.15) is 10.0 Å². The lowest BCUT2D eigenvalue weighted by Crippen LogP contribution is -2.35. The van der Waals surface area contributed by atoms with E-state index in [-0.39, 0.29) is 5.91 Å².